The highest BCUT2D eigenvalue weighted by Gasteiger charge is 2.24. The Balaban J connectivity index is 0.00000200. The molecule has 1 saturated carbocycles. The van der Waals surface area contributed by atoms with Gasteiger partial charge in [-0.1, -0.05) is 12.5 Å². The first kappa shape index (κ1) is 17.8. The van der Waals surface area contributed by atoms with Crippen LogP contribution in [0, 0.1) is 0 Å². The van der Waals surface area contributed by atoms with Gasteiger partial charge in [-0.15, -0.1) is 24.2 Å². The van der Waals surface area contributed by atoms with Crippen LogP contribution in [-0.4, -0.2) is 26.8 Å². The first-order valence-corrected chi connectivity index (χ1v) is 9.14. The summed E-state index contributed by atoms with van der Waals surface area (Å²) < 4.78 is 27.4. The zero-order valence-corrected chi connectivity index (χ0v) is 13.9. The second kappa shape index (κ2) is 7.66. The number of benzene rings is 1. The fourth-order valence-electron chi connectivity index (χ4n) is 2.39. The minimum absolute atomic E-state index is 0. The van der Waals surface area contributed by atoms with E-state index in [9.17, 15) is 8.42 Å². The quantitative estimate of drug-likeness (QED) is 0.828. The fraction of sp³-hybridized carbons (Fsp3) is 0.538. The van der Waals surface area contributed by atoms with Gasteiger partial charge in [0.15, 0.2) is 0 Å². The molecule has 2 rings (SSSR count). The molecule has 1 aromatic rings. The lowest BCUT2D eigenvalue weighted by Crippen LogP contribution is -2.42. The summed E-state index contributed by atoms with van der Waals surface area (Å²) in [7, 11) is -3.43. The number of nitrogens with one attached hydrogen (secondary N) is 1. The number of hydrogen-bond acceptors (Lipinski definition) is 4. The summed E-state index contributed by atoms with van der Waals surface area (Å²) >= 11 is 1.53. The molecule has 1 fully saturated rings. The Hall–Kier alpha value is -0.270. The van der Waals surface area contributed by atoms with Crippen LogP contribution in [-0.2, 0) is 10.0 Å². The number of sulfonamides is 1. The maximum atomic E-state index is 12.3. The summed E-state index contributed by atoms with van der Waals surface area (Å²) in [6.07, 6.45) is 5.50. The van der Waals surface area contributed by atoms with Crippen molar-refractivity contribution >= 4 is 34.2 Å². The van der Waals surface area contributed by atoms with Gasteiger partial charge in [0.1, 0.15) is 0 Å². The Morgan fingerprint density at radius 2 is 2.10 bits per heavy atom. The monoisotopic (exact) mass is 336 g/mol. The molecule has 0 aliphatic heterocycles. The molecule has 3 N–H and O–H groups in total. The van der Waals surface area contributed by atoms with Crippen molar-refractivity contribution in [2.45, 2.75) is 47.6 Å². The molecule has 1 aliphatic rings. The van der Waals surface area contributed by atoms with Crippen molar-refractivity contribution in [3.05, 3.63) is 24.3 Å². The molecule has 0 spiro atoms. The molecule has 0 amide bonds. The lowest BCUT2D eigenvalue weighted by Gasteiger charge is -2.27. The van der Waals surface area contributed by atoms with Crippen LogP contribution in [0.1, 0.15) is 25.7 Å². The molecular formula is C13H21ClN2O2S2. The van der Waals surface area contributed by atoms with Crippen LogP contribution in [0.15, 0.2) is 34.1 Å². The summed E-state index contributed by atoms with van der Waals surface area (Å²) in [4.78, 5) is 1.28. The molecule has 4 nitrogen and oxygen atoms in total. The smallest absolute Gasteiger partial charge is 0.240 e. The van der Waals surface area contributed by atoms with Crippen molar-refractivity contribution < 1.29 is 8.42 Å². The molecule has 114 valence electrons. The molecule has 1 aromatic carbocycles. The third kappa shape index (κ3) is 4.63. The first-order valence-electron chi connectivity index (χ1n) is 6.43. The lowest BCUT2D eigenvalue weighted by atomic mass is 9.92. The maximum absolute atomic E-state index is 12.3. The van der Waals surface area contributed by atoms with Crippen LogP contribution in [0.25, 0.3) is 0 Å². The average molecular weight is 337 g/mol. The third-order valence-corrected chi connectivity index (χ3v) is 5.63. The van der Waals surface area contributed by atoms with Crippen molar-refractivity contribution in [1.82, 2.24) is 4.72 Å². The van der Waals surface area contributed by atoms with Gasteiger partial charge in [-0.3, -0.25) is 0 Å². The highest BCUT2D eigenvalue weighted by molar-refractivity contribution is 7.98. The van der Waals surface area contributed by atoms with E-state index in [1.165, 1.54) is 11.8 Å². The predicted octanol–water partition coefficient (Wildman–Crippen LogP) is 2.38. The SMILES string of the molecule is CSc1cccc(S(=O)(=O)NC2CCCC(N)C2)c1.Cl. The predicted molar refractivity (Wildman–Crippen MR) is 86.0 cm³/mol. The van der Waals surface area contributed by atoms with Gasteiger partial charge in [-0.25, -0.2) is 13.1 Å². The Morgan fingerprint density at radius 1 is 1.35 bits per heavy atom. The van der Waals surface area contributed by atoms with Crippen LogP contribution in [0.2, 0.25) is 0 Å². The summed E-state index contributed by atoms with van der Waals surface area (Å²) in [5, 5.41) is 0. The molecule has 1 aliphatic carbocycles. The van der Waals surface area contributed by atoms with Crippen molar-refractivity contribution in [2.75, 3.05) is 6.26 Å². The minimum Gasteiger partial charge on any atom is -0.328 e. The van der Waals surface area contributed by atoms with E-state index in [0.717, 1.165) is 30.6 Å². The van der Waals surface area contributed by atoms with Gasteiger partial charge in [0.2, 0.25) is 10.0 Å². The standard InChI is InChI=1S/C13H20N2O2S2.ClH/c1-18-12-6-3-7-13(9-12)19(16,17)15-11-5-2-4-10(14)8-11;/h3,6-7,9-11,15H,2,4-5,8,14H2,1H3;1H. The van der Waals surface area contributed by atoms with Gasteiger partial charge < -0.3 is 5.73 Å². The Bertz CT molecular complexity index is 537. The second-order valence-electron chi connectivity index (χ2n) is 4.92. The summed E-state index contributed by atoms with van der Waals surface area (Å²) in [5.74, 6) is 0. The molecule has 0 heterocycles. The molecule has 7 heteroatoms. The Kier molecular flexibility index (Phi) is 6.81. The van der Waals surface area contributed by atoms with E-state index in [0.29, 0.717) is 4.90 Å². The molecular weight excluding hydrogens is 316 g/mol. The summed E-state index contributed by atoms with van der Waals surface area (Å²) in [6, 6.07) is 7.08. The summed E-state index contributed by atoms with van der Waals surface area (Å²) in [6.45, 7) is 0. The first-order chi connectivity index (χ1) is 9.01. The second-order valence-corrected chi connectivity index (χ2v) is 7.52. The van der Waals surface area contributed by atoms with Crippen LogP contribution >= 0.6 is 24.2 Å². The highest BCUT2D eigenvalue weighted by atomic mass is 35.5. The van der Waals surface area contributed by atoms with E-state index in [2.05, 4.69) is 4.72 Å². The number of halogens is 1. The van der Waals surface area contributed by atoms with E-state index in [1.54, 1.807) is 18.2 Å². The highest BCUT2D eigenvalue weighted by Crippen LogP contribution is 2.22. The normalized spacial score (nSPS) is 23.1. The van der Waals surface area contributed by atoms with Crippen LogP contribution < -0.4 is 10.5 Å². The topological polar surface area (TPSA) is 72.2 Å². The van der Waals surface area contributed by atoms with Gasteiger partial charge in [-0.05, 0) is 43.7 Å². The van der Waals surface area contributed by atoms with E-state index < -0.39 is 10.0 Å². The molecule has 0 saturated heterocycles. The van der Waals surface area contributed by atoms with E-state index in [-0.39, 0.29) is 24.5 Å². The molecule has 2 unspecified atom stereocenters. The van der Waals surface area contributed by atoms with Crippen LogP contribution in [0.4, 0.5) is 0 Å². The van der Waals surface area contributed by atoms with Crippen LogP contribution in [0.5, 0.6) is 0 Å². The third-order valence-electron chi connectivity index (χ3n) is 3.39. The van der Waals surface area contributed by atoms with Gasteiger partial charge >= 0.3 is 0 Å². The number of rotatable bonds is 4. The number of nitrogens with two attached hydrogens (primary N) is 1. The zero-order chi connectivity index (χ0) is 13.9. The molecule has 20 heavy (non-hydrogen) atoms. The zero-order valence-electron chi connectivity index (χ0n) is 11.4. The lowest BCUT2D eigenvalue weighted by molar-refractivity contribution is 0.371. The molecule has 0 aromatic heterocycles. The van der Waals surface area contributed by atoms with E-state index >= 15 is 0 Å². The molecule has 2 atom stereocenters. The Labute approximate surface area is 131 Å². The van der Waals surface area contributed by atoms with Crippen molar-refractivity contribution in [3.8, 4) is 0 Å². The maximum Gasteiger partial charge on any atom is 0.240 e. The minimum atomic E-state index is -3.43. The van der Waals surface area contributed by atoms with Gasteiger partial charge in [0, 0.05) is 17.0 Å². The molecule has 0 bridgehead atoms. The van der Waals surface area contributed by atoms with Gasteiger partial charge in [-0.2, -0.15) is 0 Å². The molecule has 0 radical (unpaired) electrons. The van der Waals surface area contributed by atoms with Crippen molar-refractivity contribution in [1.29, 1.82) is 0 Å². The fourth-order valence-corrected chi connectivity index (χ4v) is 4.25. The largest absolute Gasteiger partial charge is 0.328 e. The van der Waals surface area contributed by atoms with Gasteiger partial charge in [0.25, 0.3) is 0 Å². The number of hydrogen-bond donors (Lipinski definition) is 2. The van der Waals surface area contributed by atoms with Crippen molar-refractivity contribution in [3.63, 3.8) is 0 Å². The Morgan fingerprint density at radius 3 is 2.75 bits per heavy atom. The van der Waals surface area contributed by atoms with Gasteiger partial charge in [0.05, 0.1) is 4.90 Å². The van der Waals surface area contributed by atoms with Crippen molar-refractivity contribution in [2.24, 2.45) is 5.73 Å². The van der Waals surface area contributed by atoms with E-state index in [4.69, 9.17) is 5.73 Å². The summed E-state index contributed by atoms with van der Waals surface area (Å²) in [5.41, 5.74) is 5.89. The van der Waals surface area contributed by atoms with Crippen LogP contribution in [0.3, 0.4) is 0 Å². The van der Waals surface area contributed by atoms with E-state index in [1.807, 2.05) is 12.3 Å². The number of thioether (sulfide) groups is 1. The average Bonchev–Trinajstić information content (AvgIpc) is 2.38.